The van der Waals surface area contributed by atoms with Crippen molar-refractivity contribution in [2.45, 2.75) is 30.9 Å². The highest BCUT2D eigenvalue weighted by atomic mass is 32.2. The maximum absolute atomic E-state index is 11.8. The van der Waals surface area contributed by atoms with Crippen molar-refractivity contribution in [1.82, 2.24) is 9.21 Å². The third-order valence-corrected chi connectivity index (χ3v) is 5.51. The number of aliphatic hydroxyl groups excluding tert-OH is 1. The molecule has 0 saturated carbocycles. The van der Waals surface area contributed by atoms with Crippen LogP contribution >= 0.6 is 0 Å². The molecule has 19 heavy (non-hydrogen) atoms. The summed E-state index contributed by atoms with van der Waals surface area (Å²) in [5.74, 6) is -0.436. The number of hydrogen-bond acceptors (Lipinski definition) is 5. The smallest absolute Gasteiger partial charge is 0.231 e. The molecule has 110 valence electrons. The minimum absolute atomic E-state index is 0.103. The quantitative estimate of drug-likeness (QED) is 0.647. The first-order valence-electron chi connectivity index (χ1n) is 6.42. The van der Waals surface area contributed by atoms with Gasteiger partial charge in [0.25, 0.3) is 0 Å². The average Bonchev–Trinajstić information content (AvgIpc) is 2.67. The van der Waals surface area contributed by atoms with Gasteiger partial charge in [0.1, 0.15) is 0 Å². The standard InChI is InChI=1S/C11H21N3O4S/c1-19(17,18)14-5-2-3-11(14)4-6-13(7-9(11)15)8-10(12)16/h9,15H,2-8H2,1H3,(H2,12,16)/t9-,11-/m0/s1. The van der Waals surface area contributed by atoms with Crippen LogP contribution in [-0.2, 0) is 14.8 Å². The molecule has 0 aliphatic carbocycles. The van der Waals surface area contributed by atoms with Crippen LogP contribution in [-0.4, -0.2) is 72.7 Å². The third-order valence-electron chi connectivity index (χ3n) is 4.16. The molecule has 0 aromatic heterocycles. The van der Waals surface area contributed by atoms with Crippen LogP contribution in [0.3, 0.4) is 0 Å². The molecule has 0 bridgehead atoms. The first-order valence-corrected chi connectivity index (χ1v) is 8.27. The zero-order chi connectivity index (χ0) is 14.3. The summed E-state index contributed by atoms with van der Waals surface area (Å²) >= 11 is 0. The van der Waals surface area contributed by atoms with Gasteiger partial charge in [0.2, 0.25) is 15.9 Å². The number of primary amides is 1. The lowest BCUT2D eigenvalue weighted by molar-refractivity contribution is -0.121. The zero-order valence-electron chi connectivity index (χ0n) is 11.1. The summed E-state index contributed by atoms with van der Waals surface area (Å²) in [6.07, 6.45) is 2.38. The number of nitrogens with two attached hydrogens (primary N) is 1. The van der Waals surface area contributed by atoms with Gasteiger partial charge in [-0.15, -0.1) is 0 Å². The molecule has 2 aliphatic heterocycles. The van der Waals surface area contributed by atoms with Crippen LogP contribution in [0.4, 0.5) is 0 Å². The predicted molar refractivity (Wildman–Crippen MR) is 69.8 cm³/mol. The molecule has 2 rings (SSSR count). The second-order valence-electron chi connectivity index (χ2n) is 5.51. The minimum atomic E-state index is -3.32. The number of nitrogens with zero attached hydrogens (tertiary/aromatic N) is 2. The molecule has 2 atom stereocenters. The number of amides is 1. The maximum atomic E-state index is 11.8. The van der Waals surface area contributed by atoms with E-state index in [1.807, 2.05) is 0 Å². The number of sulfonamides is 1. The SMILES string of the molecule is CS(=O)(=O)N1CCC[C@@]12CCN(CC(N)=O)C[C@@H]2O. The molecule has 1 spiro atoms. The molecular weight excluding hydrogens is 270 g/mol. The summed E-state index contributed by atoms with van der Waals surface area (Å²) in [7, 11) is -3.32. The summed E-state index contributed by atoms with van der Waals surface area (Å²) in [5, 5.41) is 10.4. The van der Waals surface area contributed by atoms with Crippen molar-refractivity contribution >= 4 is 15.9 Å². The van der Waals surface area contributed by atoms with E-state index in [1.54, 1.807) is 4.90 Å². The predicted octanol–water partition coefficient (Wildman–Crippen LogP) is -1.67. The molecule has 2 aliphatic rings. The Bertz CT molecular complexity index is 467. The van der Waals surface area contributed by atoms with Crippen molar-refractivity contribution in [2.75, 3.05) is 32.4 Å². The molecule has 2 saturated heterocycles. The molecule has 1 amide bonds. The Morgan fingerprint density at radius 2 is 2.11 bits per heavy atom. The van der Waals surface area contributed by atoms with Crippen LogP contribution < -0.4 is 5.73 Å². The molecule has 8 heteroatoms. The van der Waals surface area contributed by atoms with Crippen molar-refractivity contribution in [2.24, 2.45) is 5.73 Å². The number of carbonyl (C=O) groups excluding carboxylic acids is 1. The molecule has 0 unspecified atom stereocenters. The van der Waals surface area contributed by atoms with Gasteiger partial charge in [-0.2, -0.15) is 4.31 Å². The van der Waals surface area contributed by atoms with E-state index in [4.69, 9.17) is 5.73 Å². The van der Waals surface area contributed by atoms with E-state index < -0.39 is 27.6 Å². The van der Waals surface area contributed by atoms with Crippen molar-refractivity contribution in [1.29, 1.82) is 0 Å². The van der Waals surface area contributed by atoms with E-state index in [0.717, 1.165) is 6.42 Å². The monoisotopic (exact) mass is 291 g/mol. The van der Waals surface area contributed by atoms with E-state index in [2.05, 4.69) is 0 Å². The largest absolute Gasteiger partial charge is 0.390 e. The van der Waals surface area contributed by atoms with E-state index in [9.17, 15) is 18.3 Å². The zero-order valence-corrected chi connectivity index (χ0v) is 11.9. The molecule has 0 aromatic carbocycles. The van der Waals surface area contributed by atoms with Crippen molar-refractivity contribution < 1.29 is 18.3 Å². The Morgan fingerprint density at radius 3 is 2.63 bits per heavy atom. The van der Waals surface area contributed by atoms with Gasteiger partial charge >= 0.3 is 0 Å². The Labute approximate surface area is 113 Å². The van der Waals surface area contributed by atoms with Crippen LogP contribution in [0.5, 0.6) is 0 Å². The summed E-state index contributed by atoms with van der Waals surface area (Å²) in [5.41, 5.74) is 4.45. The van der Waals surface area contributed by atoms with E-state index in [-0.39, 0.29) is 13.1 Å². The van der Waals surface area contributed by atoms with Crippen molar-refractivity contribution in [3.63, 3.8) is 0 Å². The van der Waals surface area contributed by atoms with Gasteiger partial charge in [-0.05, 0) is 19.3 Å². The van der Waals surface area contributed by atoms with Crippen LogP contribution in [0.2, 0.25) is 0 Å². The van der Waals surface area contributed by atoms with Gasteiger partial charge in [-0.25, -0.2) is 8.42 Å². The van der Waals surface area contributed by atoms with Crippen molar-refractivity contribution in [3.8, 4) is 0 Å². The summed E-state index contributed by atoms with van der Waals surface area (Å²) in [6.45, 7) is 1.43. The topological polar surface area (TPSA) is 104 Å². The van der Waals surface area contributed by atoms with Gasteiger partial charge in [0.15, 0.2) is 0 Å². The molecule has 0 radical (unpaired) electrons. The highest BCUT2D eigenvalue weighted by Gasteiger charge is 2.52. The molecular formula is C11H21N3O4S. The number of aliphatic hydroxyl groups is 1. The van der Waals surface area contributed by atoms with Gasteiger partial charge < -0.3 is 10.8 Å². The van der Waals surface area contributed by atoms with Gasteiger partial charge in [0.05, 0.1) is 24.4 Å². The first kappa shape index (κ1) is 14.7. The maximum Gasteiger partial charge on any atom is 0.231 e. The average molecular weight is 291 g/mol. The third kappa shape index (κ3) is 2.76. The number of carbonyl (C=O) groups is 1. The second kappa shape index (κ2) is 5.01. The van der Waals surface area contributed by atoms with Crippen LogP contribution in [0.15, 0.2) is 0 Å². The first-order chi connectivity index (χ1) is 8.75. The minimum Gasteiger partial charge on any atom is -0.390 e. The Morgan fingerprint density at radius 1 is 1.42 bits per heavy atom. The number of piperidine rings is 1. The van der Waals surface area contributed by atoms with E-state index >= 15 is 0 Å². The highest BCUT2D eigenvalue weighted by Crippen LogP contribution is 2.40. The number of hydrogen-bond donors (Lipinski definition) is 2. The van der Waals surface area contributed by atoms with E-state index in [1.165, 1.54) is 10.6 Å². The molecule has 2 heterocycles. The summed E-state index contributed by atoms with van der Waals surface area (Å²) in [6, 6.07) is 0. The molecule has 3 N–H and O–H groups in total. The Kier molecular flexibility index (Phi) is 3.87. The number of β-amino-alcohol motifs (C(OH)–C–C–N with tert-alkyl or cyclic N) is 1. The fourth-order valence-electron chi connectivity index (χ4n) is 3.34. The molecule has 7 nitrogen and oxygen atoms in total. The number of likely N-dealkylation sites (tertiary alicyclic amines) is 1. The highest BCUT2D eigenvalue weighted by molar-refractivity contribution is 7.88. The van der Waals surface area contributed by atoms with Gasteiger partial charge in [0, 0.05) is 19.6 Å². The Balaban J connectivity index is 2.16. The lowest BCUT2D eigenvalue weighted by Crippen LogP contribution is -2.63. The van der Waals surface area contributed by atoms with Gasteiger partial charge in [-0.1, -0.05) is 0 Å². The van der Waals surface area contributed by atoms with Crippen molar-refractivity contribution in [3.05, 3.63) is 0 Å². The molecule has 2 fully saturated rings. The van der Waals surface area contributed by atoms with Crippen LogP contribution in [0.1, 0.15) is 19.3 Å². The van der Waals surface area contributed by atoms with E-state index in [0.29, 0.717) is 25.9 Å². The fourth-order valence-corrected chi connectivity index (χ4v) is 4.77. The number of rotatable bonds is 3. The fraction of sp³-hybridized carbons (Fsp3) is 0.909. The normalized spacial score (nSPS) is 33.9. The second-order valence-corrected chi connectivity index (χ2v) is 7.42. The lowest BCUT2D eigenvalue weighted by atomic mass is 9.83. The molecule has 0 aromatic rings. The van der Waals surface area contributed by atoms with Crippen LogP contribution in [0, 0.1) is 0 Å². The summed E-state index contributed by atoms with van der Waals surface area (Å²) in [4.78, 5) is 12.7. The van der Waals surface area contributed by atoms with Crippen LogP contribution in [0.25, 0.3) is 0 Å². The lowest BCUT2D eigenvalue weighted by Gasteiger charge is -2.47. The summed E-state index contributed by atoms with van der Waals surface area (Å²) < 4.78 is 25.1. The van der Waals surface area contributed by atoms with Gasteiger partial charge in [-0.3, -0.25) is 9.69 Å². The Hall–Kier alpha value is -0.700.